The van der Waals surface area contributed by atoms with E-state index in [2.05, 4.69) is 22.8 Å². The molecule has 0 bridgehead atoms. The molecule has 7 nitrogen and oxygen atoms in total. The van der Waals surface area contributed by atoms with Crippen LogP contribution in [0, 0.1) is 0 Å². The van der Waals surface area contributed by atoms with E-state index in [-0.39, 0.29) is 23.9 Å². The number of ether oxygens (including phenoxy) is 1. The van der Waals surface area contributed by atoms with E-state index in [1.165, 1.54) is 11.1 Å². The SMILES string of the molecule is CCC[C@H](NC(=O)OC(C)(C)C)C(=O)N1[C@@H](C)CC[C@H]1C(=O)N[C@@H]1CCCc2ccccc21. The van der Waals surface area contributed by atoms with Gasteiger partial charge in [-0.3, -0.25) is 9.59 Å². The molecule has 7 heteroatoms. The number of hydrogen-bond donors (Lipinski definition) is 2. The lowest BCUT2D eigenvalue weighted by Crippen LogP contribution is -2.56. The van der Waals surface area contributed by atoms with E-state index in [1.54, 1.807) is 25.7 Å². The Morgan fingerprint density at radius 1 is 1.15 bits per heavy atom. The van der Waals surface area contributed by atoms with E-state index in [0.29, 0.717) is 12.8 Å². The molecule has 33 heavy (non-hydrogen) atoms. The molecule has 3 rings (SSSR count). The second-order valence-electron chi connectivity index (χ2n) is 10.3. The van der Waals surface area contributed by atoms with Gasteiger partial charge in [0, 0.05) is 6.04 Å². The van der Waals surface area contributed by atoms with Crippen LogP contribution in [0.2, 0.25) is 0 Å². The summed E-state index contributed by atoms with van der Waals surface area (Å²) < 4.78 is 5.36. The molecule has 1 fully saturated rings. The second-order valence-corrected chi connectivity index (χ2v) is 10.3. The first-order valence-corrected chi connectivity index (χ1v) is 12.3. The largest absolute Gasteiger partial charge is 0.444 e. The number of alkyl carbamates (subject to hydrolysis) is 1. The highest BCUT2D eigenvalue weighted by Gasteiger charge is 2.42. The topological polar surface area (TPSA) is 87.7 Å². The van der Waals surface area contributed by atoms with Crippen LogP contribution >= 0.6 is 0 Å². The van der Waals surface area contributed by atoms with Crippen LogP contribution in [0.4, 0.5) is 4.79 Å². The predicted molar refractivity (Wildman–Crippen MR) is 128 cm³/mol. The number of hydrogen-bond acceptors (Lipinski definition) is 4. The molecular formula is C26H39N3O4. The lowest BCUT2D eigenvalue weighted by molar-refractivity contribution is -0.142. The van der Waals surface area contributed by atoms with Crippen molar-refractivity contribution in [3.8, 4) is 0 Å². The first-order valence-electron chi connectivity index (χ1n) is 12.3. The molecule has 0 aromatic heterocycles. The first-order chi connectivity index (χ1) is 15.6. The van der Waals surface area contributed by atoms with Crippen molar-refractivity contribution >= 4 is 17.9 Å². The van der Waals surface area contributed by atoms with Gasteiger partial charge in [-0.2, -0.15) is 0 Å². The van der Waals surface area contributed by atoms with Crippen LogP contribution in [0.25, 0.3) is 0 Å². The van der Waals surface area contributed by atoms with Gasteiger partial charge in [0.2, 0.25) is 11.8 Å². The summed E-state index contributed by atoms with van der Waals surface area (Å²) in [6.07, 6.45) is 4.95. The van der Waals surface area contributed by atoms with Crippen molar-refractivity contribution < 1.29 is 19.1 Å². The lowest BCUT2D eigenvalue weighted by Gasteiger charge is -2.34. The van der Waals surface area contributed by atoms with Gasteiger partial charge in [-0.1, -0.05) is 37.6 Å². The number of carbonyl (C=O) groups is 3. The Morgan fingerprint density at radius 2 is 1.88 bits per heavy atom. The maximum absolute atomic E-state index is 13.5. The number of benzene rings is 1. The van der Waals surface area contributed by atoms with Crippen molar-refractivity contribution in [1.82, 2.24) is 15.5 Å². The molecule has 1 aliphatic carbocycles. The van der Waals surface area contributed by atoms with E-state index in [1.807, 2.05) is 26.0 Å². The Labute approximate surface area is 197 Å². The van der Waals surface area contributed by atoms with E-state index in [9.17, 15) is 14.4 Å². The van der Waals surface area contributed by atoms with Crippen LogP contribution < -0.4 is 10.6 Å². The first kappa shape index (κ1) is 25.1. The Bertz CT molecular complexity index is 863. The summed E-state index contributed by atoms with van der Waals surface area (Å²) in [5.41, 5.74) is 1.81. The molecule has 2 N–H and O–H groups in total. The molecule has 0 spiro atoms. The summed E-state index contributed by atoms with van der Waals surface area (Å²) in [5, 5.41) is 5.96. The minimum Gasteiger partial charge on any atom is -0.444 e. The number of rotatable bonds is 6. The van der Waals surface area contributed by atoms with Crippen molar-refractivity contribution in [2.24, 2.45) is 0 Å². The van der Waals surface area contributed by atoms with Crippen molar-refractivity contribution in [3.05, 3.63) is 35.4 Å². The average Bonchev–Trinajstić information content (AvgIpc) is 3.13. The Morgan fingerprint density at radius 3 is 2.58 bits per heavy atom. The van der Waals surface area contributed by atoms with Crippen molar-refractivity contribution in [2.75, 3.05) is 0 Å². The molecule has 0 unspecified atom stereocenters. The minimum atomic E-state index is -0.712. The maximum Gasteiger partial charge on any atom is 0.408 e. The molecule has 1 saturated heterocycles. The summed E-state index contributed by atoms with van der Waals surface area (Å²) in [6, 6.07) is 6.92. The van der Waals surface area contributed by atoms with Crippen LogP contribution in [0.1, 0.15) is 90.3 Å². The second kappa shape index (κ2) is 10.6. The molecule has 1 aliphatic heterocycles. The highest BCUT2D eigenvalue weighted by atomic mass is 16.6. The predicted octanol–water partition coefficient (Wildman–Crippen LogP) is 4.25. The molecular weight excluding hydrogens is 418 g/mol. The van der Waals surface area contributed by atoms with Crippen molar-refractivity contribution in [1.29, 1.82) is 0 Å². The molecule has 1 aromatic carbocycles. The summed E-state index contributed by atoms with van der Waals surface area (Å²) in [4.78, 5) is 40.9. The van der Waals surface area contributed by atoms with Gasteiger partial charge in [0.05, 0.1) is 6.04 Å². The number of nitrogens with zero attached hydrogens (tertiary/aromatic N) is 1. The van der Waals surface area contributed by atoms with Crippen LogP contribution in [0.15, 0.2) is 24.3 Å². The molecule has 0 radical (unpaired) electrons. The smallest absolute Gasteiger partial charge is 0.408 e. The average molecular weight is 458 g/mol. The number of fused-ring (bicyclic) bond motifs is 1. The van der Waals surface area contributed by atoms with E-state index < -0.39 is 23.8 Å². The fourth-order valence-electron chi connectivity index (χ4n) is 4.96. The van der Waals surface area contributed by atoms with Gasteiger partial charge in [0.1, 0.15) is 17.7 Å². The quantitative estimate of drug-likeness (QED) is 0.668. The van der Waals surface area contributed by atoms with Gasteiger partial charge in [0.25, 0.3) is 0 Å². The van der Waals surface area contributed by atoms with Crippen LogP contribution in [-0.4, -0.2) is 46.5 Å². The van der Waals surface area contributed by atoms with Gasteiger partial charge in [-0.05, 0) is 77.3 Å². The van der Waals surface area contributed by atoms with E-state index in [0.717, 1.165) is 32.1 Å². The summed E-state index contributed by atoms with van der Waals surface area (Å²) in [5.74, 6) is -0.321. The third kappa shape index (κ3) is 6.27. The zero-order chi connectivity index (χ0) is 24.2. The van der Waals surface area contributed by atoms with Gasteiger partial charge in [-0.15, -0.1) is 0 Å². The molecule has 1 heterocycles. The number of aryl methyl sites for hydroxylation is 1. The number of likely N-dealkylation sites (tertiary alicyclic amines) is 1. The number of amides is 3. The highest BCUT2D eigenvalue weighted by Crippen LogP contribution is 2.31. The third-order valence-corrected chi connectivity index (χ3v) is 6.48. The van der Waals surface area contributed by atoms with Gasteiger partial charge in [0.15, 0.2) is 0 Å². The zero-order valence-electron chi connectivity index (χ0n) is 20.6. The van der Waals surface area contributed by atoms with E-state index in [4.69, 9.17) is 4.74 Å². The Balaban J connectivity index is 1.72. The van der Waals surface area contributed by atoms with Gasteiger partial charge in [-0.25, -0.2) is 4.79 Å². The normalized spacial score (nSPS) is 23.4. The number of carbonyl (C=O) groups excluding carboxylic acids is 3. The molecule has 2 aliphatic rings. The zero-order valence-corrected chi connectivity index (χ0v) is 20.6. The third-order valence-electron chi connectivity index (χ3n) is 6.48. The number of nitrogens with one attached hydrogen (secondary N) is 2. The van der Waals surface area contributed by atoms with Crippen molar-refractivity contribution in [3.63, 3.8) is 0 Å². The highest BCUT2D eigenvalue weighted by molar-refractivity contribution is 5.92. The molecule has 3 amide bonds. The van der Waals surface area contributed by atoms with Crippen molar-refractivity contribution in [2.45, 2.75) is 109 Å². The van der Waals surface area contributed by atoms with Gasteiger partial charge >= 0.3 is 6.09 Å². The van der Waals surface area contributed by atoms with Crippen LogP contribution in [0.3, 0.4) is 0 Å². The van der Waals surface area contributed by atoms with Crippen LogP contribution in [0.5, 0.6) is 0 Å². The Hall–Kier alpha value is -2.57. The lowest BCUT2D eigenvalue weighted by atomic mass is 9.87. The van der Waals surface area contributed by atoms with Gasteiger partial charge < -0.3 is 20.3 Å². The maximum atomic E-state index is 13.5. The monoisotopic (exact) mass is 457 g/mol. The molecule has 1 aromatic rings. The fourth-order valence-corrected chi connectivity index (χ4v) is 4.96. The van der Waals surface area contributed by atoms with Crippen LogP contribution in [-0.2, 0) is 20.7 Å². The Kier molecular flexibility index (Phi) is 8.03. The minimum absolute atomic E-state index is 0.0263. The molecule has 182 valence electrons. The summed E-state index contributed by atoms with van der Waals surface area (Å²) >= 11 is 0. The fraction of sp³-hybridized carbons (Fsp3) is 0.654. The van der Waals surface area contributed by atoms with E-state index >= 15 is 0 Å². The summed E-state index contributed by atoms with van der Waals surface area (Å²) in [6.45, 7) is 9.30. The molecule has 4 atom stereocenters. The summed E-state index contributed by atoms with van der Waals surface area (Å²) in [7, 11) is 0. The standard InChI is InChI=1S/C26H39N3O4/c1-6-10-21(28-25(32)33-26(3,4)5)24(31)29-17(2)15-16-22(29)23(30)27-20-14-9-12-18-11-7-8-13-19(18)20/h7-8,11,13,17,20-22H,6,9-10,12,14-16H2,1-5H3,(H,27,30)(H,28,32)/t17-,20+,21-,22-/m0/s1. The molecule has 0 saturated carbocycles.